The second-order valence-corrected chi connectivity index (χ2v) is 5.79. The first-order valence-corrected chi connectivity index (χ1v) is 6.64. The third kappa shape index (κ3) is 1.20. The van der Waals surface area contributed by atoms with Crippen molar-refractivity contribution in [2.75, 3.05) is 6.61 Å². The fourth-order valence-electron chi connectivity index (χ4n) is 3.99. The first kappa shape index (κ1) is 10.6. The SMILES string of the molecule is BC1=CC2CC(c3ccccc3)C1[C@]1(CO1)C2=O. The van der Waals surface area contributed by atoms with Gasteiger partial charge in [0.2, 0.25) is 0 Å². The van der Waals surface area contributed by atoms with Crippen molar-refractivity contribution in [3.63, 3.8) is 0 Å². The van der Waals surface area contributed by atoms with Crippen LogP contribution in [0, 0.1) is 11.8 Å². The summed E-state index contributed by atoms with van der Waals surface area (Å²) in [4.78, 5) is 12.3. The average Bonchev–Trinajstić information content (AvgIpc) is 3.17. The summed E-state index contributed by atoms with van der Waals surface area (Å²) in [5.41, 5.74) is 2.24. The Balaban J connectivity index is 1.81. The van der Waals surface area contributed by atoms with E-state index in [1.807, 2.05) is 6.07 Å². The Labute approximate surface area is 107 Å². The lowest BCUT2D eigenvalue weighted by atomic mass is 9.54. The highest BCUT2D eigenvalue weighted by molar-refractivity contribution is 6.24. The lowest BCUT2D eigenvalue weighted by molar-refractivity contribution is -0.132. The molecule has 2 fully saturated rings. The van der Waals surface area contributed by atoms with E-state index < -0.39 is 5.60 Å². The number of rotatable bonds is 1. The van der Waals surface area contributed by atoms with Gasteiger partial charge in [-0.3, -0.25) is 4.79 Å². The number of hydrogen-bond donors (Lipinski definition) is 0. The van der Waals surface area contributed by atoms with Crippen LogP contribution < -0.4 is 0 Å². The topological polar surface area (TPSA) is 29.6 Å². The van der Waals surface area contributed by atoms with Crippen LogP contribution in [0.2, 0.25) is 0 Å². The molecule has 90 valence electrons. The molecular weight excluding hydrogens is 223 g/mol. The van der Waals surface area contributed by atoms with Gasteiger partial charge in [0.25, 0.3) is 0 Å². The summed E-state index contributed by atoms with van der Waals surface area (Å²) < 4.78 is 5.61. The number of ketones is 1. The summed E-state index contributed by atoms with van der Waals surface area (Å²) in [6.07, 6.45) is 3.12. The van der Waals surface area contributed by atoms with Crippen molar-refractivity contribution in [3.05, 3.63) is 47.4 Å². The molecular formula is C15H15BO2. The lowest BCUT2D eigenvalue weighted by Crippen LogP contribution is -2.50. The molecule has 2 bridgehead atoms. The molecule has 3 unspecified atom stereocenters. The summed E-state index contributed by atoms with van der Waals surface area (Å²) in [5.74, 6) is 1.10. The number of hydrogen-bond acceptors (Lipinski definition) is 2. The highest BCUT2D eigenvalue weighted by Crippen LogP contribution is 2.57. The molecule has 1 heterocycles. The molecule has 0 aromatic heterocycles. The lowest BCUT2D eigenvalue weighted by Gasteiger charge is -2.44. The molecule has 18 heavy (non-hydrogen) atoms. The van der Waals surface area contributed by atoms with Crippen LogP contribution in [0.25, 0.3) is 0 Å². The van der Waals surface area contributed by atoms with Crippen LogP contribution in [-0.4, -0.2) is 25.8 Å². The number of carbonyl (C=O) groups excluding carboxylic acids is 1. The van der Waals surface area contributed by atoms with Gasteiger partial charge < -0.3 is 4.74 Å². The molecule has 1 saturated carbocycles. The van der Waals surface area contributed by atoms with Crippen LogP contribution in [0.1, 0.15) is 17.9 Å². The zero-order valence-corrected chi connectivity index (χ0v) is 10.4. The van der Waals surface area contributed by atoms with Crippen LogP contribution in [-0.2, 0) is 9.53 Å². The van der Waals surface area contributed by atoms with E-state index >= 15 is 0 Å². The molecule has 1 saturated heterocycles. The van der Waals surface area contributed by atoms with E-state index in [1.165, 1.54) is 11.0 Å². The highest BCUT2D eigenvalue weighted by Gasteiger charge is 2.66. The molecule has 4 atom stereocenters. The standard InChI is InChI=1S/C15H15BO2/c16-12-7-10-6-11(9-4-2-1-3-5-9)13(12)15(8-18-15)14(10)17/h1-5,7,10-11,13H,6,8,16H2/t10?,11?,13?,15-/m1/s1. The molecule has 5 rings (SSSR count). The van der Waals surface area contributed by atoms with E-state index in [-0.39, 0.29) is 11.8 Å². The first-order valence-electron chi connectivity index (χ1n) is 6.64. The maximum atomic E-state index is 12.3. The molecule has 4 aliphatic rings. The first-order chi connectivity index (χ1) is 8.72. The molecule has 1 spiro atoms. The Morgan fingerprint density at radius 2 is 2.00 bits per heavy atom. The van der Waals surface area contributed by atoms with Crippen molar-refractivity contribution < 1.29 is 9.53 Å². The molecule has 2 nitrogen and oxygen atoms in total. The summed E-state index contributed by atoms with van der Waals surface area (Å²) in [6.45, 7) is 0.627. The van der Waals surface area contributed by atoms with Gasteiger partial charge in [-0.2, -0.15) is 0 Å². The van der Waals surface area contributed by atoms with Crippen LogP contribution in [0.4, 0.5) is 0 Å². The number of ether oxygens (including phenoxy) is 1. The Kier molecular flexibility index (Phi) is 1.97. The van der Waals surface area contributed by atoms with E-state index in [1.54, 1.807) is 0 Å². The van der Waals surface area contributed by atoms with Crippen molar-refractivity contribution >= 4 is 13.6 Å². The van der Waals surface area contributed by atoms with Gasteiger partial charge in [0, 0.05) is 11.8 Å². The summed E-state index contributed by atoms with van der Waals surface area (Å²) in [7, 11) is 2.16. The quantitative estimate of drug-likeness (QED) is 0.544. The fourth-order valence-corrected chi connectivity index (χ4v) is 3.99. The van der Waals surface area contributed by atoms with Gasteiger partial charge in [-0.05, 0) is 17.9 Å². The zero-order chi connectivity index (χ0) is 12.3. The van der Waals surface area contributed by atoms with Crippen LogP contribution >= 0.6 is 0 Å². The smallest absolute Gasteiger partial charge is 0.174 e. The number of allylic oxidation sites excluding steroid dienone is 1. The van der Waals surface area contributed by atoms with E-state index in [4.69, 9.17) is 4.74 Å². The summed E-state index contributed by atoms with van der Waals surface area (Å²) >= 11 is 0. The third-order valence-corrected chi connectivity index (χ3v) is 4.80. The van der Waals surface area contributed by atoms with Crippen LogP contribution in [0.15, 0.2) is 41.9 Å². The maximum absolute atomic E-state index is 12.3. The molecule has 0 N–H and O–H groups in total. The number of fused-ring (bicyclic) bond motifs is 1. The van der Waals surface area contributed by atoms with E-state index in [0.29, 0.717) is 18.3 Å². The van der Waals surface area contributed by atoms with Crippen molar-refractivity contribution in [2.24, 2.45) is 11.8 Å². The van der Waals surface area contributed by atoms with E-state index in [9.17, 15) is 4.79 Å². The van der Waals surface area contributed by atoms with Gasteiger partial charge >= 0.3 is 0 Å². The monoisotopic (exact) mass is 238 g/mol. The van der Waals surface area contributed by atoms with Crippen molar-refractivity contribution in [1.82, 2.24) is 0 Å². The highest BCUT2D eigenvalue weighted by atomic mass is 16.6. The molecule has 3 aliphatic carbocycles. The van der Waals surface area contributed by atoms with Gasteiger partial charge in [-0.25, -0.2) is 0 Å². The normalized spacial score (nSPS) is 41.0. The Morgan fingerprint density at radius 1 is 1.28 bits per heavy atom. The van der Waals surface area contributed by atoms with Gasteiger partial charge in [-0.15, -0.1) is 5.47 Å². The molecule has 1 aromatic rings. The number of carbonyl (C=O) groups is 1. The average molecular weight is 238 g/mol. The zero-order valence-electron chi connectivity index (χ0n) is 10.4. The van der Waals surface area contributed by atoms with Gasteiger partial charge in [-0.1, -0.05) is 36.4 Å². The Bertz CT molecular complexity index is 545. The van der Waals surface area contributed by atoms with E-state index in [0.717, 1.165) is 6.42 Å². The third-order valence-electron chi connectivity index (χ3n) is 4.80. The van der Waals surface area contributed by atoms with Gasteiger partial charge in [0.1, 0.15) is 7.85 Å². The maximum Gasteiger partial charge on any atom is 0.174 e. The number of epoxide rings is 1. The minimum Gasteiger partial charge on any atom is -0.361 e. The van der Waals surface area contributed by atoms with Gasteiger partial charge in [0.15, 0.2) is 11.4 Å². The number of Topliss-reactive ketones (excluding diaryl/α,β-unsaturated/α-hetero) is 1. The van der Waals surface area contributed by atoms with Crippen LogP contribution in [0.3, 0.4) is 0 Å². The second-order valence-electron chi connectivity index (χ2n) is 5.79. The van der Waals surface area contributed by atoms with Crippen molar-refractivity contribution in [1.29, 1.82) is 0 Å². The predicted octanol–water partition coefficient (Wildman–Crippen LogP) is 1.27. The molecule has 0 amide bonds. The Morgan fingerprint density at radius 3 is 2.67 bits per heavy atom. The van der Waals surface area contributed by atoms with Crippen molar-refractivity contribution in [2.45, 2.75) is 17.9 Å². The fraction of sp³-hybridized carbons (Fsp3) is 0.400. The minimum absolute atomic E-state index is 0.0720. The van der Waals surface area contributed by atoms with Crippen LogP contribution in [0.5, 0.6) is 0 Å². The predicted molar refractivity (Wildman–Crippen MR) is 71.1 cm³/mol. The molecule has 1 aromatic carbocycles. The number of benzene rings is 1. The molecule has 1 aliphatic heterocycles. The van der Waals surface area contributed by atoms with Gasteiger partial charge in [0.05, 0.1) is 6.61 Å². The summed E-state index contributed by atoms with van der Waals surface area (Å²) in [6, 6.07) is 10.6. The second kappa shape index (κ2) is 3.36. The van der Waals surface area contributed by atoms with E-state index in [2.05, 4.69) is 38.2 Å². The minimum atomic E-state index is -0.456. The molecule has 0 radical (unpaired) electrons. The Hall–Kier alpha value is -1.35. The largest absolute Gasteiger partial charge is 0.361 e. The summed E-state index contributed by atoms with van der Waals surface area (Å²) in [5, 5.41) is 0. The van der Waals surface area contributed by atoms with Crippen molar-refractivity contribution in [3.8, 4) is 0 Å². The molecule has 3 heteroatoms.